The first-order valence-electron chi connectivity index (χ1n) is 12.9. The van der Waals surface area contributed by atoms with Gasteiger partial charge in [0.25, 0.3) is 11.8 Å². The number of aryl methyl sites for hydroxylation is 2. The molecule has 0 radical (unpaired) electrons. The fraction of sp³-hybridized carbons (Fsp3) is 0.429. The minimum absolute atomic E-state index is 0.0750. The summed E-state index contributed by atoms with van der Waals surface area (Å²) in [6.45, 7) is 8.04. The number of carbonyl (C=O) groups excluding carboxylic acids is 2. The number of rotatable bonds is 11. The molecule has 9 nitrogen and oxygen atoms in total. The largest absolute Gasteiger partial charge is 0.355 e. The first-order valence-corrected chi connectivity index (χ1v) is 12.9. The topological polar surface area (TPSA) is 94.8 Å². The van der Waals surface area contributed by atoms with Crippen LogP contribution in [0.15, 0.2) is 47.0 Å². The number of nitrogens with one attached hydrogen (secondary N) is 1. The maximum absolute atomic E-state index is 13.4. The summed E-state index contributed by atoms with van der Waals surface area (Å²) >= 11 is 0. The Balaban J connectivity index is 1.50. The number of anilines is 1. The number of nitrogens with zero attached hydrogens (tertiary/aromatic N) is 5. The van der Waals surface area contributed by atoms with Gasteiger partial charge in [-0.2, -0.15) is 4.98 Å². The van der Waals surface area contributed by atoms with E-state index in [9.17, 15) is 9.59 Å². The van der Waals surface area contributed by atoms with Crippen molar-refractivity contribution in [3.63, 3.8) is 0 Å². The number of amides is 2. The van der Waals surface area contributed by atoms with Crippen LogP contribution in [0.5, 0.6) is 0 Å². The van der Waals surface area contributed by atoms with E-state index in [4.69, 9.17) is 4.52 Å². The number of likely N-dealkylation sites (N-methyl/N-ethyl adjacent to an activating group) is 1. The summed E-state index contributed by atoms with van der Waals surface area (Å²) in [6.07, 6.45) is 3.10. The second-order valence-corrected chi connectivity index (χ2v) is 9.57. The van der Waals surface area contributed by atoms with Crippen molar-refractivity contribution in [2.45, 2.75) is 53.1 Å². The average molecular weight is 505 g/mol. The normalized spacial score (nSPS) is 12.9. The number of hydrogen-bond acceptors (Lipinski definition) is 7. The SMILES string of the molecule is CCCCCNC(=O)CN(CC(=O)N(C)N1Cc2ccccc2C1)c1ccc(-c2nc(C)no2)cc1C. The molecule has 0 spiro atoms. The summed E-state index contributed by atoms with van der Waals surface area (Å²) in [5.74, 6) is 0.825. The summed E-state index contributed by atoms with van der Waals surface area (Å²) in [7, 11) is 1.80. The molecule has 0 atom stereocenters. The molecular formula is C28H36N6O3. The van der Waals surface area contributed by atoms with Crippen LogP contribution in [-0.2, 0) is 22.7 Å². The molecule has 0 fully saturated rings. The molecule has 0 saturated carbocycles. The van der Waals surface area contributed by atoms with Gasteiger partial charge in [0.1, 0.15) is 0 Å². The highest BCUT2D eigenvalue weighted by Gasteiger charge is 2.27. The lowest BCUT2D eigenvalue weighted by Gasteiger charge is -2.32. The minimum Gasteiger partial charge on any atom is -0.355 e. The Bertz CT molecular complexity index is 1220. The lowest BCUT2D eigenvalue weighted by molar-refractivity contribution is -0.145. The Labute approximate surface area is 218 Å². The molecule has 0 aliphatic carbocycles. The molecule has 1 N–H and O–H groups in total. The molecular weight excluding hydrogens is 468 g/mol. The first kappa shape index (κ1) is 26.3. The van der Waals surface area contributed by atoms with Gasteiger partial charge in [0.2, 0.25) is 5.91 Å². The number of hydrogen-bond donors (Lipinski definition) is 1. The van der Waals surface area contributed by atoms with E-state index in [2.05, 4.69) is 34.5 Å². The van der Waals surface area contributed by atoms with Gasteiger partial charge in [0.05, 0.1) is 13.1 Å². The fourth-order valence-corrected chi connectivity index (χ4v) is 4.57. The summed E-state index contributed by atoms with van der Waals surface area (Å²) in [4.78, 5) is 32.4. The van der Waals surface area contributed by atoms with Crippen molar-refractivity contribution >= 4 is 17.5 Å². The Morgan fingerprint density at radius 1 is 1.05 bits per heavy atom. The van der Waals surface area contributed by atoms with E-state index in [1.165, 1.54) is 11.1 Å². The predicted octanol–water partition coefficient (Wildman–Crippen LogP) is 3.86. The molecule has 0 saturated heterocycles. The number of unbranched alkanes of at least 4 members (excludes halogenated alkanes) is 2. The number of aromatic nitrogens is 2. The van der Waals surface area contributed by atoms with Gasteiger partial charge in [-0.1, -0.05) is 49.2 Å². The highest BCUT2D eigenvalue weighted by Crippen LogP contribution is 2.27. The fourth-order valence-electron chi connectivity index (χ4n) is 4.57. The molecule has 3 aromatic rings. The van der Waals surface area contributed by atoms with Crippen molar-refractivity contribution in [1.29, 1.82) is 0 Å². The third-order valence-electron chi connectivity index (χ3n) is 6.68. The zero-order chi connectivity index (χ0) is 26.4. The molecule has 0 unspecified atom stereocenters. The monoisotopic (exact) mass is 504 g/mol. The van der Waals surface area contributed by atoms with Gasteiger partial charge in [0.15, 0.2) is 5.82 Å². The van der Waals surface area contributed by atoms with Crippen molar-refractivity contribution in [2.75, 3.05) is 31.6 Å². The van der Waals surface area contributed by atoms with Crippen LogP contribution in [0.4, 0.5) is 5.69 Å². The Hall–Kier alpha value is -3.72. The van der Waals surface area contributed by atoms with Crippen molar-refractivity contribution in [2.24, 2.45) is 0 Å². The lowest BCUT2D eigenvalue weighted by atomic mass is 10.1. The van der Waals surface area contributed by atoms with Crippen molar-refractivity contribution in [3.05, 3.63) is 65.0 Å². The number of fused-ring (bicyclic) bond motifs is 1. The molecule has 1 aliphatic heterocycles. The number of carbonyl (C=O) groups is 2. The molecule has 1 aromatic heterocycles. The lowest BCUT2D eigenvalue weighted by Crippen LogP contribution is -2.48. The zero-order valence-electron chi connectivity index (χ0n) is 22.2. The van der Waals surface area contributed by atoms with Crippen molar-refractivity contribution in [3.8, 4) is 11.5 Å². The minimum atomic E-state index is -0.101. The maximum Gasteiger partial charge on any atom is 0.257 e. The predicted molar refractivity (Wildman–Crippen MR) is 142 cm³/mol. The molecule has 9 heteroatoms. The maximum atomic E-state index is 13.4. The van der Waals surface area contributed by atoms with Gasteiger partial charge in [-0.25, -0.2) is 5.01 Å². The van der Waals surface area contributed by atoms with Crippen LogP contribution < -0.4 is 10.2 Å². The molecule has 2 aromatic carbocycles. The third-order valence-corrected chi connectivity index (χ3v) is 6.68. The second-order valence-electron chi connectivity index (χ2n) is 9.57. The summed E-state index contributed by atoms with van der Waals surface area (Å²) < 4.78 is 5.31. The van der Waals surface area contributed by atoms with Crippen LogP contribution in [0.25, 0.3) is 11.5 Å². The summed E-state index contributed by atoms with van der Waals surface area (Å²) in [6, 6.07) is 14.0. The summed E-state index contributed by atoms with van der Waals surface area (Å²) in [5, 5.41) is 10.6. The van der Waals surface area contributed by atoms with Gasteiger partial charge in [-0.3, -0.25) is 14.6 Å². The molecule has 2 amide bonds. The van der Waals surface area contributed by atoms with Crippen LogP contribution in [0.1, 0.15) is 48.7 Å². The van der Waals surface area contributed by atoms with Crippen LogP contribution in [0.3, 0.4) is 0 Å². The molecule has 196 valence electrons. The Kier molecular flexibility index (Phi) is 8.55. The van der Waals surface area contributed by atoms with Gasteiger partial charge >= 0.3 is 0 Å². The van der Waals surface area contributed by atoms with E-state index in [-0.39, 0.29) is 24.9 Å². The quantitative estimate of drug-likeness (QED) is 0.396. The van der Waals surface area contributed by atoms with Gasteiger partial charge in [-0.05, 0) is 55.2 Å². The van der Waals surface area contributed by atoms with Crippen LogP contribution in [0, 0.1) is 13.8 Å². The van der Waals surface area contributed by atoms with Crippen LogP contribution in [0.2, 0.25) is 0 Å². The first-order chi connectivity index (χ1) is 17.9. The van der Waals surface area contributed by atoms with E-state index in [1.54, 1.807) is 19.0 Å². The molecule has 2 heterocycles. The van der Waals surface area contributed by atoms with E-state index in [0.717, 1.165) is 36.1 Å². The Morgan fingerprint density at radius 2 is 1.78 bits per heavy atom. The van der Waals surface area contributed by atoms with Gasteiger partial charge in [0, 0.05) is 37.9 Å². The molecule has 1 aliphatic rings. The van der Waals surface area contributed by atoms with E-state index < -0.39 is 0 Å². The van der Waals surface area contributed by atoms with E-state index in [0.29, 0.717) is 31.3 Å². The number of hydrazine groups is 1. The molecule has 0 bridgehead atoms. The molecule has 4 rings (SSSR count). The third kappa shape index (κ3) is 6.54. The van der Waals surface area contributed by atoms with Gasteiger partial charge < -0.3 is 14.7 Å². The average Bonchev–Trinajstić information content (AvgIpc) is 3.52. The zero-order valence-corrected chi connectivity index (χ0v) is 22.2. The highest BCUT2D eigenvalue weighted by molar-refractivity contribution is 5.87. The smallest absolute Gasteiger partial charge is 0.257 e. The highest BCUT2D eigenvalue weighted by atomic mass is 16.5. The van der Waals surface area contributed by atoms with Crippen LogP contribution in [-0.4, -0.2) is 58.7 Å². The van der Waals surface area contributed by atoms with E-state index >= 15 is 0 Å². The second kappa shape index (κ2) is 12.0. The van der Waals surface area contributed by atoms with Gasteiger partial charge in [-0.15, -0.1) is 0 Å². The van der Waals surface area contributed by atoms with Crippen LogP contribution >= 0.6 is 0 Å². The molecule has 37 heavy (non-hydrogen) atoms. The Morgan fingerprint density at radius 3 is 2.41 bits per heavy atom. The number of benzene rings is 2. The van der Waals surface area contributed by atoms with Crippen molar-refractivity contribution in [1.82, 2.24) is 25.5 Å². The summed E-state index contributed by atoms with van der Waals surface area (Å²) in [5.41, 5.74) is 4.98. The standard InChI is InChI=1S/C28H36N6O3/c1-5-6-9-14-29-26(35)18-33(25-13-12-22(15-20(25)2)28-30-21(3)31-37-28)19-27(36)32(4)34-16-23-10-7-8-11-24(23)17-34/h7-8,10-13,15H,5-6,9,14,16-19H2,1-4H3,(H,29,35). The van der Waals surface area contributed by atoms with E-state index in [1.807, 2.05) is 47.2 Å². The van der Waals surface area contributed by atoms with Crippen molar-refractivity contribution < 1.29 is 14.1 Å².